The molecule has 1 aliphatic heterocycles. The zero-order chi connectivity index (χ0) is 11.8. The molecule has 0 amide bonds. The van der Waals surface area contributed by atoms with Crippen LogP contribution in [0.5, 0.6) is 0 Å². The molecule has 78 valence electrons. The fraction of sp³-hybridized carbons (Fsp3) is 1.00. The number of hydrogen-bond acceptors (Lipinski definition) is 1. The van der Waals surface area contributed by atoms with Gasteiger partial charge in [0.05, 0.1) is 0 Å². The van der Waals surface area contributed by atoms with E-state index in [1.54, 1.807) is 0 Å². The Hall–Kier alpha value is -0.0400. The Kier molecular flexibility index (Phi) is 2.55. The van der Waals surface area contributed by atoms with E-state index in [-0.39, 0.29) is 24.1 Å². The topological polar surface area (TPSA) is 3.24 Å². The molecule has 1 saturated heterocycles. The Morgan fingerprint density at radius 2 is 1.69 bits per heavy atom. The molecule has 0 spiro atoms. The van der Waals surface area contributed by atoms with Crippen molar-refractivity contribution < 1.29 is 2.74 Å². The summed E-state index contributed by atoms with van der Waals surface area (Å²) in [6, 6.07) is 0.464. The molecule has 0 radical (unpaired) electrons. The molecule has 0 N–H and O–H groups in total. The lowest BCUT2D eigenvalue weighted by atomic mass is 9.75. The monoisotopic (exact) mass is 185 g/mol. The fourth-order valence-corrected chi connectivity index (χ4v) is 1.80. The molecule has 0 bridgehead atoms. The summed E-state index contributed by atoms with van der Waals surface area (Å²) in [6.45, 7) is 12.4. The highest BCUT2D eigenvalue weighted by atomic mass is 15.1. The van der Waals surface area contributed by atoms with Crippen molar-refractivity contribution in [3.63, 3.8) is 0 Å². The molecule has 0 aliphatic carbocycles. The molecule has 0 aromatic rings. The number of piperidine rings is 1. The van der Waals surface area contributed by atoms with E-state index in [9.17, 15) is 0 Å². The van der Waals surface area contributed by atoms with E-state index in [1.807, 2.05) is 0 Å². The first-order chi connectivity index (χ1) is 6.73. The molecule has 1 rings (SSSR count). The number of rotatable bonds is 1. The largest absolute Gasteiger partial charge is 0.301 e. The van der Waals surface area contributed by atoms with Crippen molar-refractivity contribution in [2.45, 2.75) is 53.5 Å². The van der Waals surface area contributed by atoms with Gasteiger partial charge in [0.15, 0.2) is 0 Å². The van der Waals surface area contributed by atoms with Gasteiger partial charge in [-0.3, -0.25) is 0 Å². The second-order valence-corrected chi connectivity index (χ2v) is 5.41. The van der Waals surface area contributed by atoms with E-state index in [1.165, 1.54) is 0 Å². The second kappa shape index (κ2) is 4.00. The maximum Gasteiger partial charge on any atom is 0.0283 e. The molecule has 1 heteroatoms. The van der Waals surface area contributed by atoms with Gasteiger partial charge >= 0.3 is 0 Å². The molecule has 2 atom stereocenters. The summed E-state index contributed by atoms with van der Waals surface area (Å²) >= 11 is 0. The van der Waals surface area contributed by atoms with Crippen LogP contribution in [0.4, 0.5) is 0 Å². The Bertz CT molecular complexity index is 198. The smallest absolute Gasteiger partial charge is 0.0283 e. The lowest BCUT2D eigenvalue weighted by Gasteiger charge is -2.40. The third kappa shape index (κ3) is 2.98. The minimum atomic E-state index is -0.108. The van der Waals surface area contributed by atoms with Crippen LogP contribution in [0.15, 0.2) is 0 Å². The van der Waals surface area contributed by atoms with Crippen LogP contribution in [-0.2, 0) is 0 Å². The first-order valence-electron chi connectivity index (χ1n) is 6.47. The van der Waals surface area contributed by atoms with Gasteiger partial charge in [-0.25, -0.2) is 0 Å². The van der Waals surface area contributed by atoms with Crippen molar-refractivity contribution >= 4 is 0 Å². The standard InChI is InChI=1S/C12H25N/c1-10(2)13-8-6-11(7-9-13)12(3,4)5/h10-11H,6-9H2,1-5H3/i6D,7D. The average Bonchev–Trinajstić information content (AvgIpc) is 1.99. The lowest BCUT2D eigenvalue weighted by Crippen LogP contribution is -2.41. The summed E-state index contributed by atoms with van der Waals surface area (Å²) in [5.41, 5.74) is 0.0852. The van der Waals surface area contributed by atoms with Crippen LogP contribution in [0, 0.1) is 11.3 Å². The quantitative estimate of drug-likeness (QED) is 0.606. The first kappa shape index (κ1) is 8.28. The van der Waals surface area contributed by atoms with E-state index in [0.29, 0.717) is 6.04 Å². The van der Waals surface area contributed by atoms with E-state index in [4.69, 9.17) is 2.74 Å². The molecule has 0 aromatic carbocycles. The van der Waals surface area contributed by atoms with E-state index in [0.717, 1.165) is 13.1 Å². The Morgan fingerprint density at radius 3 is 2.00 bits per heavy atom. The minimum Gasteiger partial charge on any atom is -0.301 e. The molecule has 1 aliphatic rings. The fourth-order valence-electron chi connectivity index (χ4n) is 1.80. The average molecular weight is 185 g/mol. The SMILES string of the molecule is [2H]C1CN(C(C)C)CC([2H])C1C(C)(C)C. The van der Waals surface area contributed by atoms with Crippen LogP contribution >= 0.6 is 0 Å². The number of hydrogen-bond donors (Lipinski definition) is 0. The van der Waals surface area contributed by atoms with Crippen LogP contribution in [0.2, 0.25) is 0 Å². The Labute approximate surface area is 86.3 Å². The van der Waals surface area contributed by atoms with Crippen LogP contribution in [0.1, 0.15) is 50.2 Å². The van der Waals surface area contributed by atoms with Gasteiger partial charge in [0, 0.05) is 8.78 Å². The van der Waals surface area contributed by atoms with Gasteiger partial charge in [-0.2, -0.15) is 0 Å². The number of nitrogens with zero attached hydrogens (tertiary/aromatic N) is 1. The highest BCUT2D eigenvalue weighted by molar-refractivity contribution is 4.81. The highest BCUT2D eigenvalue weighted by Crippen LogP contribution is 2.34. The van der Waals surface area contributed by atoms with Crippen molar-refractivity contribution in [1.29, 1.82) is 0 Å². The molecular weight excluding hydrogens is 158 g/mol. The van der Waals surface area contributed by atoms with Gasteiger partial charge in [-0.05, 0) is 51.1 Å². The number of likely N-dealkylation sites (tertiary alicyclic amines) is 1. The zero-order valence-electron chi connectivity index (χ0n) is 11.7. The van der Waals surface area contributed by atoms with E-state index < -0.39 is 0 Å². The summed E-state index contributed by atoms with van der Waals surface area (Å²) < 4.78 is 16.4. The maximum atomic E-state index is 8.18. The van der Waals surface area contributed by atoms with Crippen LogP contribution in [0.25, 0.3) is 0 Å². The van der Waals surface area contributed by atoms with Crippen LogP contribution in [0.3, 0.4) is 0 Å². The van der Waals surface area contributed by atoms with Gasteiger partial charge in [0.1, 0.15) is 0 Å². The van der Waals surface area contributed by atoms with Crippen LogP contribution < -0.4 is 0 Å². The molecule has 1 nitrogen and oxygen atoms in total. The van der Waals surface area contributed by atoms with Gasteiger partial charge in [0.2, 0.25) is 0 Å². The molecule has 1 fully saturated rings. The molecule has 0 aromatic heterocycles. The minimum absolute atomic E-state index is 0.0852. The summed E-state index contributed by atoms with van der Waals surface area (Å²) in [4.78, 5) is 2.26. The second-order valence-electron chi connectivity index (χ2n) is 5.41. The summed E-state index contributed by atoms with van der Waals surface area (Å²) in [6.07, 6.45) is -0.215. The molecule has 13 heavy (non-hydrogen) atoms. The van der Waals surface area contributed by atoms with E-state index >= 15 is 0 Å². The molecule has 2 unspecified atom stereocenters. The molecular formula is C12H25N. The van der Waals surface area contributed by atoms with Gasteiger partial charge in [0.25, 0.3) is 0 Å². The van der Waals surface area contributed by atoms with Gasteiger partial charge in [-0.15, -0.1) is 0 Å². The summed E-state index contributed by atoms with van der Waals surface area (Å²) in [7, 11) is 0. The first-order valence-corrected chi connectivity index (χ1v) is 5.32. The van der Waals surface area contributed by atoms with Gasteiger partial charge in [-0.1, -0.05) is 20.8 Å². The summed E-state index contributed by atoms with van der Waals surface area (Å²) in [5.74, 6) is 0.201. The van der Waals surface area contributed by atoms with Crippen molar-refractivity contribution in [2.75, 3.05) is 13.1 Å². The third-order valence-electron chi connectivity index (χ3n) is 2.92. The normalized spacial score (nSPS) is 40.3. The van der Waals surface area contributed by atoms with E-state index in [2.05, 4.69) is 39.5 Å². The van der Waals surface area contributed by atoms with Crippen molar-refractivity contribution in [1.82, 2.24) is 4.90 Å². The highest BCUT2D eigenvalue weighted by Gasteiger charge is 2.29. The lowest BCUT2D eigenvalue weighted by molar-refractivity contribution is 0.0930. The van der Waals surface area contributed by atoms with Crippen LogP contribution in [-0.4, -0.2) is 24.0 Å². The maximum absolute atomic E-state index is 8.18. The van der Waals surface area contributed by atoms with Gasteiger partial charge < -0.3 is 4.90 Å². The predicted molar refractivity (Wildman–Crippen MR) is 58.9 cm³/mol. The Morgan fingerprint density at radius 1 is 1.23 bits per heavy atom. The molecule has 0 saturated carbocycles. The summed E-state index contributed by atoms with van der Waals surface area (Å²) in [5, 5.41) is 0. The zero-order valence-corrected chi connectivity index (χ0v) is 9.67. The van der Waals surface area contributed by atoms with Crippen molar-refractivity contribution in [3.05, 3.63) is 0 Å². The van der Waals surface area contributed by atoms with Crippen molar-refractivity contribution in [2.24, 2.45) is 11.3 Å². The Balaban J connectivity index is 2.73. The van der Waals surface area contributed by atoms with Crippen molar-refractivity contribution in [3.8, 4) is 0 Å². The molecule has 1 heterocycles. The third-order valence-corrected chi connectivity index (χ3v) is 2.92. The predicted octanol–water partition coefficient (Wildman–Crippen LogP) is 3.15.